The van der Waals surface area contributed by atoms with Crippen LogP contribution in [0, 0.1) is 0 Å². The topological polar surface area (TPSA) is 67.9 Å². The van der Waals surface area contributed by atoms with Gasteiger partial charge in [0.1, 0.15) is 6.04 Å². The third-order valence-electron chi connectivity index (χ3n) is 9.00. The van der Waals surface area contributed by atoms with Gasteiger partial charge in [-0.2, -0.15) is 0 Å². The normalized spacial score (nSPS) is 18.2. The Labute approximate surface area is 271 Å². The minimum Gasteiger partial charge on any atom is -0.344 e. The van der Waals surface area contributed by atoms with E-state index in [0.717, 1.165) is 61.0 Å². The lowest BCUT2D eigenvalue weighted by Crippen LogP contribution is -2.56. The second kappa shape index (κ2) is 15.4. The number of benzene rings is 3. The standard InChI is InChI=1S/C35H43Cl2N5O2/c1-3-40(4-2)24-33(29-11-7-8-12-30(29)37)41-17-19-42(20-18-41)35(44)32(21-25-13-15-27(36)16-14-25)39-34(43)22-31-28-10-6-5-9-26(28)23-38-31/h5-16,31-33,38H,3-4,17-24H2,1-2H3,(H,39,43). The SMILES string of the molecule is CCN(CC)CC(c1ccccc1Cl)N1CCN(C(=O)C(Cc2ccc(Cl)cc2)NC(=O)CC2NCc3ccccc32)CC1. The van der Waals surface area contributed by atoms with E-state index in [-0.39, 0.29) is 30.3 Å². The van der Waals surface area contributed by atoms with Crippen molar-refractivity contribution >= 4 is 35.0 Å². The molecule has 0 spiro atoms. The largest absolute Gasteiger partial charge is 0.344 e. The molecule has 2 aliphatic heterocycles. The van der Waals surface area contributed by atoms with Crippen molar-refractivity contribution in [2.45, 2.75) is 51.4 Å². The zero-order valence-electron chi connectivity index (χ0n) is 25.6. The Kier molecular flexibility index (Phi) is 11.3. The number of hydrogen-bond acceptors (Lipinski definition) is 5. The zero-order valence-corrected chi connectivity index (χ0v) is 27.2. The lowest BCUT2D eigenvalue weighted by Gasteiger charge is -2.42. The third-order valence-corrected chi connectivity index (χ3v) is 9.60. The van der Waals surface area contributed by atoms with Gasteiger partial charge in [0.2, 0.25) is 11.8 Å². The monoisotopic (exact) mass is 635 g/mol. The molecule has 3 unspecified atom stereocenters. The summed E-state index contributed by atoms with van der Waals surface area (Å²) in [6.07, 6.45) is 0.681. The van der Waals surface area contributed by atoms with Crippen molar-refractivity contribution in [1.29, 1.82) is 0 Å². The first-order valence-corrected chi connectivity index (χ1v) is 16.5. The molecule has 3 aromatic carbocycles. The quantitative estimate of drug-likeness (QED) is 0.276. The molecular formula is C35H43Cl2N5O2. The molecule has 0 aliphatic carbocycles. The number of fused-ring (bicyclic) bond motifs is 1. The molecule has 9 heteroatoms. The first-order valence-electron chi connectivity index (χ1n) is 15.7. The van der Waals surface area contributed by atoms with Crippen molar-refractivity contribution < 1.29 is 9.59 Å². The maximum atomic E-state index is 14.0. The first-order chi connectivity index (χ1) is 21.4. The van der Waals surface area contributed by atoms with E-state index < -0.39 is 6.04 Å². The molecule has 2 amide bonds. The van der Waals surface area contributed by atoms with Gasteiger partial charge in [-0.3, -0.25) is 14.5 Å². The van der Waals surface area contributed by atoms with E-state index in [1.807, 2.05) is 59.5 Å². The fraction of sp³-hybridized carbons (Fsp3) is 0.429. The van der Waals surface area contributed by atoms with Crippen molar-refractivity contribution in [2.24, 2.45) is 0 Å². The molecule has 0 bridgehead atoms. The average molecular weight is 637 g/mol. The Balaban J connectivity index is 1.27. The van der Waals surface area contributed by atoms with Gasteiger partial charge in [0, 0.05) is 74.2 Å². The summed E-state index contributed by atoms with van der Waals surface area (Å²) in [7, 11) is 0. The van der Waals surface area contributed by atoms with Crippen LogP contribution in [0.4, 0.5) is 0 Å². The number of carbonyl (C=O) groups excluding carboxylic acids is 2. The van der Waals surface area contributed by atoms with E-state index in [9.17, 15) is 9.59 Å². The molecule has 2 heterocycles. The highest BCUT2D eigenvalue weighted by Crippen LogP contribution is 2.30. The number of likely N-dealkylation sites (N-methyl/N-ethyl adjacent to an activating group) is 1. The Bertz CT molecular complexity index is 1410. The van der Waals surface area contributed by atoms with Crippen molar-refractivity contribution in [2.75, 3.05) is 45.8 Å². The fourth-order valence-corrected chi connectivity index (χ4v) is 6.80. The molecule has 3 aromatic rings. The van der Waals surface area contributed by atoms with Crippen molar-refractivity contribution in [3.8, 4) is 0 Å². The van der Waals surface area contributed by atoms with Crippen LogP contribution in [0.3, 0.4) is 0 Å². The lowest BCUT2D eigenvalue weighted by atomic mass is 10.0. The maximum absolute atomic E-state index is 14.0. The Morgan fingerprint density at radius 1 is 0.932 bits per heavy atom. The van der Waals surface area contributed by atoms with Gasteiger partial charge < -0.3 is 20.4 Å². The fourth-order valence-electron chi connectivity index (χ4n) is 6.41. The summed E-state index contributed by atoms with van der Waals surface area (Å²) >= 11 is 12.8. The van der Waals surface area contributed by atoms with E-state index >= 15 is 0 Å². The lowest BCUT2D eigenvalue weighted by molar-refractivity contribution is -0.138. The number of hydrogen-bond donors (Lipinski definition) is 2. The minimum atomic E-state index is -0.665. The number of carbonyl (C=O) groups is 2. The van der Waals surface area contributed by atoms with Crippen LogP contribution in [0.5, 0.6) is 0 Å². The van der Waals surface area contributed by atoms with Gasteiger partial charge >= 0.3 is 0 Å². The summed E-state index contributed by atoms with van der Waals surface area (Å²) in [5, 5.41) is 7.95. The molecule has 1 fully saturated rings. The predicted molar refractivity (Wildman–Crippen MR) is 178 cm³/mol. The molecule has 0 aromatic heterocycles. The second-order valence-electron chi connectivity index (χ2n) is 11.7. The van der Waals surface area contributed by atoms with Crippen LogP contribution in [0.2, 0.25) is 10.0 Å². The number of rotatable bonds is 12. The highest BCUT2D eigenvalue weighted by Gasteiger charge is 2.33. The van der Waals surface area contributed by atoms with E-state index in [1.165, 1.54) is 5.56 Å². The smallest absolute Gasteiger partial charge is 0.245 e. The molecule has 44 heavy (non-hydrogen) atoms. The molecule has 2 aliphatic rings. The molecule has 3 atom stereocenters. The number of nitrogens with zero attached hydrogens (tertiary/aromatic N) is 3. The van der Waals surface area contributed by atoms with Gasteiger partial charge in [0.05, 0.1) is 0 Å². The first kappa shape index (κ1) is 32.5. The Hall–Kier alpha value is -2.94. The number of amides is 2. The second-order valence-corrected chi connectivity index (χ2v) is 12.5. The number of nitrogens with one attached hydrogen (secondary N) is 2. The molecule has 2 N–H and O–H groups in total. The molecule has 7 nitrogen and oxygen atoms in total. The Morgan fingerprint density at radius 2 is 1.61 bits per heavy atom. The van der Waals surface area contributed by atoms with Crippen LogP contribution in [0.15, 0.2) is 72.8 Å². The number of piperazine rings is 1. The molecule has 0 saturated carbocycles. The van der Waals surface area contributed by atoms with E-state index in [2.05, 4.69) is 52.5 Å². The van der Waals surface area contributed by atoms with E-state index in [4.69, 9.17) is 23.2 Å². The average Bonchev–Trinajstić information content (AvgIpc) is 3.45. The minimum absolute atomic E-state index is 0.0502. The third kappa shape index (κ3) is 8.01. The van der Waals surface area contributed by atoms with Gasteiger partial charge in [0.15, 0.2) is 0 Å². The van der Waals surface area contributed by atoms with Gasteiger partial charge in [0.25, 0.3) is 0 Å². The van der Waals surface area contributed by atoms with Gasteiger partial charge in [-0.1, -0.05) is 91.6 Å². The molecule has 0 radical (unpaired) electrons. The van der Waals surface area contributed by atoms with Gasteiger partial charge in [-0.05, 0) is 53.5 Å². The van der Waals surface area contributed by atoms with Crippen LogP contribution in [0.25, 0.3) is 0 Å². The van der Waals surface area contributed by atoms with Crippen LogP contribution < -0.4 is 10.6 Å². The van der Waals surface area contributed by atoms with Crippen LogP contribution in [-0.4, -0.2) is 78.4 Å². The summed E-state index contributed by atoms with van der Waals surface area (Å²) < 4.78 is 0. The molecule has 5 rings (SSSR count). The molecule has 234 valence electrons. The predicted octanol–water partition coefficient (Wildman–Crippen LogP) is 5.48. The summed E-state index contributed by atoms with van der Waals surface area (Å²) in [6, 6.07) is 23.1. The van der Waals surface area contributed by atoms with Crippen molar-refractivity contribution in [3.05, 3.63) is 105 Å². The molecular weight excluding hydrogens is 593 g/mol. The van der Waals surface area contributed by atoms with Crippen LogP contribution in [-0.2, 0) is 22.6 Å². The van der Waals surface area contributed by atoms with Gasteiger partial charge in [-0.15, -0.1) is 0 Å². The van der Waals surface area contributed by atoms with Crippen molar-refractivity contribution in [3.63, 3.8) is 0 Å². The van der Waals surface area contributed by atoms with Crippen molar-refractivity contribution in [1.82, 2.24) is 25.3 Å². The van der Waals surface area contributed by atoms with E-state index in [0.29, 0.717) is 24.5 Å². The summed E-state index contributed by atoms with van der Waals surface area (Å²) in [6.45, 7) is 10.5. The summed E-state index contributed by atoms with van der Waals surface area (Å²) in [5.41, 5.74) is 4.44. The Morgan fingerprint density at radius 3 is 2.32 bits per heavy atom. The van der Waals surface area contributed by atoms with Crippen LogP contribution in [0.1, 0.15) is 54.6 Å². The van der Waals surface area contributed by atoms with Crippen LogP contribution >= 0.6 is 23.2 Å². The molecule has 1 saturated heterocycles. The highest BCUT2D eigenvalue weighted by atomic mass is 35.5. The maximum Gasteiger partial charge on any atom is 0.245 e. The summed E-state index contributed by atoms with van der Waals surface area (Å²) in [5.74, 6) is -0.186. The van der Waals surface area contributed by atoms with Gasteiger partial charge in [-0.25, -0.2) is 0 Å². The highest BCUT2D eigenvalue weighted by molar-refractivity contribution is 6.31. The zero-order chi connectivity index (χ0) is 31.1. The van der Waals surface area contributed by atoms with E-state index in [1.54, 1.807) is 0 Å². The number of halogens is 2. The summed E-state index contributed by atoms with van der Waals surface area (Å²) in [4.78, 5) is 34.2.